The number of carbonyl (C=O) groups is 1. The van der Waals surface area contributed by atoms with Gasteiger partial charge in [0, 0.05) is 29.6 Å². The summed E-state index contributed by atoms with van der Waals surface area (Å²) in [4.78, 5) is 19.5. The van der Waals surface area contributed by atoms with E-state index in [1.807, 2.05) is 42.5 Å². The molecule has 24 heavy (non-hydrogen) atoms. The van der Waals surface area contributed by atoms with Crippen molar-refractivity contribution < 1.29 is 4.79 Å². The first kappa shape index (κ1) is 16.2. The van der Waals surface area contributed by atoms with Gasteiger partial charge in [-0.15, -0.1) is 0 Å². The maximum absolute atomic E-state index is 11.0. The van der Waals surface area contributed by atoms with Crippen LogP contribution in [0.4, 0.5) is 11.5 Å². The Balaban J connectivity index is 1.63. The molecule has 0 aliphatic rings. The van der Waals surface area contributed by atoms with E-state index in [2.05, 4.69) is 20.6 Å². The van der Waals surface area contributed by atoms with Crippen LogP contribution in [0.3, 0.4) is 0 Å². The zero-order valence-electron chi connectivity index (χ0n) is 13.2. The van der Waals surface area contributed by atoms with E-state index in [1.54, 1.807) is 0 Å². The summed E-state index contributed by atoms with van der Waals surface area (Å²) in [6.45, 7) is 2.24. The largest absolute Gasteiger partial charge is 0.369 e. The summed E-state index contributed by atoms with van der Waals surface area (Å²) in [6, 6.07) is 13.4. The number of amides is 1. The summed E-state index contributed by atoms with van der Waals surface area (Å²) in [5, 5.41) is 7.70. The minimum absolute atomic E-state index is 0.0693. The van der Waals surface area contributed by atoms with E-state index in [9.17, 15) is 4.79 Å². The molecule has 1 amide bonds. The monoisotopic (exact) mass is 340 g/mol. The summed E-state index contributed by atoms with van der Waals surface area (Å²) >= 11 is 5.99. The molecule has 5 nitrogen and oxygen atoms in total. The number of fused-ring (bicyclic) bond motifs is 1. The second-order valence-electron chi connectivity index (χ2n) is 5.44. The molecule has 1 aromatic heterocycles. The third kappa shape index (κ3) is 4.00. The van der Waals surface area contributed by atoms with Crippen molar-refractivity contribution in [2.24, 2.45) is 0 Å². The van der Waals surface area contributed by atoms with Crippen LogP contribution in [0, 0.1) is 0 Å². The Morgan fingerprint density at radius 3 is 2.67 bits per heavy atom. The molecule has 0 aliphatic heterocycles. The van der Waals surface area contributed by atoms with Crippen molar-refractivity contribution in [1.82, 2.24) is 9.97 Å². The van der Waals surface area contributed by atoms with E-state index < -0.39 is 0 Å². The summed E-state index contributed by atoms with van der Waals surface area (Å²) in [5.74, 6) is 0.728. The molecule has 0 bridgehead atoms. The van der Waals surface area contributed by atoms with Crippen molar-refractivity contribution in [3.63, 3.8) is 0 Å². The Morgan fingerprint density at radius 2 is 1.92 bits per heavy atom. The fourth-order valence-corrected chi connectivity index (χ4v) is 2.62. The normalized spacial score (nSPS) is 10.6. The number of nitrogens with zero attached hydrogens (tertiary/aromatic N) is 2. The highest BCUT2D eigenvalue weighted by Gasteiger charge is 2.04. The van der Waals surface area contributed by atoms with Crippen LogP contribution in [0.2, 0.25) is 5.02 Å². The summed E-state index contributed by atoms with van der Waals surface area (Å²) in [6.07, 6.45) is 2.38. The Bertz CT molecular complexity index is 865. The van der Waals surface area contributed by atoms with Gasteiger partial charge in [0.15, 0.2) is 0 Å². The molecule has 0 saturated carbocycles. The van der Waals surface area contributed by atoms with Crippen LogP contribution < -0.4 is 10.6 Å². The third-order valence-electron chi connectivity index (χ3n) is 3.58. The maximum atomic E-state index is 11.0. The van der Waals surface area contributed by atoms with Crippen LogP contribution in [0.25, 0.3) is 10.9 Å². The topological polar surface area (TPSA) is 66.9 Å². The standard InChI is InChI=1S/C18H17ClN4O/c1-12(24)23-15-5-2-13(3-6-15)8-9-20-18-16-7-4-14(19)10-17(16)21-11-22-18/h2-7,10-11H,8-9H2,1H3,(H,23,24)(H,20,21,22). The van der Waals surface area contributed by atoms with Gasteiger partial charge in [-0.2, -0.15) is 0 Å². The van der Waals surface area contributed by atoms with Crippen molar-refractivity contribution in [1.29, 1.82) is 0 Å². The van der Waals surface area contributed by atoms with Gasteiger partial charge in [0.05, 0.1) is 5.52 Å². The molecule has 2 aromatic carbocycles. The number of nitrogens with one attached hydrogen (secondary N) is 2. The second-order valence-corrected chi connectivity index (χ2v) is 5.88. The summed E-state index contributed by atoms with van der Waals surface area (Å²) in [7, 11) is 0. The molecule has 0 atom stereocenters. The van der Waals surface area contributed by atoms with Crippen molar-refractivity contribution in [3.05, 3.63) is 59.4 Å². The van der Waals surface area contributed by atoms with E-state index in [0.717, 1.165) is 35.4 Å². The second kappa shape index (κ2) is 7.27. The number of carbonyl (C=O) groups excluding carboxylic acids is 1. The van der Waals surface area contributed by atoms with Gasteiger partial charge in [0.1, 0.15) is 12.1 Å². The Labute approximate surface area is 145 Å². The van der Waals surface area contributed by atoms with E-state index in [0.29, 0.717) is 5.02 Å². The maximum Gasteiger partial charge on any atom is 0.221 e. The van der Waals surface area contributed by atoms with E-state index in [4.69, 9.17) is 11.6 Å². The van der Waals surface area contributed by atoms with Gasteiger partial charge in [-0.3, -0.25) is 4.79 Å². The van der Waals surface area contributed by atoms with Crippen LogP contribution in [0.15, 0.2) is 48.8 Å². The first-order chi connectivity index (χ1) is 11.6. The van der Waals surface area contributed by atoms with Gasteiger partial charge in [-0.25, -0.2) is 9.97 Å². The molecule has 0 aliphatic carbocycles. The Hall–Kier alpha value is -2.66. The number of aromatic nitrogens is 2. The Morgan fingerprint density at radius 1 is 1.12 bits per heavy atom. The minimum atomic E-state index is -0.0693. The minimum Gasteiger partial charge on any atom is -0.369 e. The number of rotatable bonds is 5. The molecule has 0 saturated heterocycles. The fourth-order valence-electron chi connectivity index (χ4n) is 2.45. The van der Waals surface area contributed by atoms with Gasteiger partial charge in [-0.05, 0) is 42.3 Å². The van der Waals surface area contributed by atoms with Crippen LogP contribution >= 0.6 is 11.6 Å². The summed E-state index contributed by atoms with van der Waals surface area (Å²) < 4.78 is 0. The van der Waals surface area contributed by atoms with Gasteiger partial charge in [0.2, 0.25) is 5.91 Å². The van der Waals surface area contributed by atoms with Crippen molar-refractivity contribution in [3.8, 4) is 0 Å². The third-order valence-corrected chi connectivity index (χ3v) is 3.81. The Kier molecular flexibility index (Phi) is 4.91. The van der Waals surface area contributed by atoms with E-state index >= 15 is 0 Å². The molecule has 0 radical (unpaired) electrons. The lowest BCUT2D eigenvalue weighted by atomic mass is 10.1. The molecule has 6 heteroatoms. The zero-order chi connectivity index (χ0) is 16.9. The van der Waals surface area contributed by atoms with E-state index in [1.165, 1.54) is 18.8 Å². The number of benzene rings is 2. The quantitative estimate of drug-likeness (QED) is 0.739. The molecule has 0 spiro atoms. The van der Waals surface area contributed by atoms with Gasteiger partial charge < -0.3 is 10.6 Å². The molecule has 0 fully saturated rings. The van der Waals surface area contributed by atoms with Gasteiger partial charge >= 0.3 is 0 Å². The van der Waals surface area contributed by atoms with Crippen molar-refractivity contribution in [2.45, 2.75) is 13.3 Å². The highest BCUT2D eigenvalue weighted by Crippen LogP contribution is 2.22. The number of hydrogen-bond acceptors (Lipinski definition) is 4. The average molecular weight is 341 g/mol. The first-order valence-electron chi connectivity index (χ1n) is 7.62. The molecular formula is C18H17ClN4O. The predicted molar refractivity (Wildman–Crippen MR) is 97.5 cm³/mol. The zero-order valence-corrected chi connectivity index (χ0v) is 14.0. The van der Waals surface area contributed by atoms with Crippen molar-refractivity contribution >= 4 is 39.9 Å². The number of halogens is 1. The SMILES string of the molecule is CC(=O)Nc1ccc(CCNc2ncnc3cc(Cl)ccc23)cc1. The van der Waals surface area contributed by atoms with Crippen LogP contribution in [0.1, 0.15) is 12.5 Å². The van der Waals surface area contributed by atoms with Crippen LogP contribution in [-0.4, -0.2) is 22.4 Å². The highest BCUT2D eigenvalue weighted by molar-refractivity contribution is 6.31. The highest BCUT2D eigenvalue weighted by atomic mass is 35.5. The van der Waals surface area contributed by atoms with E-state index in [-0.39, 0.29) is 5.91 Å². The van der Waals surface area contributed by atoms with Gasteiger partial charge in [-0.1, -0.05) is 23.7 Å². The fraction of sp³-hybridized carbons (Fsp3) is 0.167. The smallest absolute Gasteiger partial charge is 0.221 e. The molecule has 0 unspecified atom stereocenters. The van der Waals surface area contributed by atoms with Crippen molar-refractivity contribution in [2.75, 3.05) is 17.2 Å². The average Bonchev–Trinajstić information content (AvgIpc) is 2.56. The molecule has 2 N–H and O–H groups in total. The lowest BCUT2D eigenvalue weighted by molar-refractivity contribution is -0.114. The summed E-state index contributed by atoms with van der Waals surface area (Å²) in [5.41, 5.74) is 2.80. The van der Waals surface area contributed by atoms with Gasteiger partial charge in [0.25, 0.3) is 0 Å². The number of hydrogen-bond donors (Lipinski definition) is 2. The van der Waals surface area contributed by atoms with Crippen LogP contribution in [0.5, 0.6) is 0 Å². The molecule has 3 rings (SSSR count). The lowest BCUT2D eigenvalue weighted by Crippen LogP contribution is -2.08. The molecular weight excluding hydrogens is 324 g/mol. The first-order valence-corrected chi connectivity index (χ1v) is 8.00. The predicted octanol–water partition coefficient (Wildman–Crippen LogP) is 3.90. The number of anilines is 2. The van der Waals surface area contributed by atoms with Crippen LogP contribution in [-0.2, 0) is 11.2 Å². The molecule has 122 valence electrons. The lowest BCUT2D eigenvalue weighted by Gasteiger charge is -2.09. The molecule has 1 heterocycles. The molecule has 3 aromatic rings.